The van der Waals surface area contributed by atoms with E-state index >= 15 is 0 Å². The van der Waals surface area contributed by atoms with Gasteiger partial charge in [0.05, 0.1) is 6.61 Å². The largest absolute Gasteiger partial charge is 0.477 e. The maximum absolute atomic E-state index is 12.9. The van der Waals surface area contributed by atoms with Crippen molar-refractivity contribution < 1.29 is 9.53 Å². The first-order chi connectivity index (χ1) is 17.0. The van der Waals surface area contributed by atoms with Gasteiger partial charge in [0, 0.05) is 50.2 Å². The van der Waals surface area contributed by atoms with E-state index in [1.54, 1.807) is 6.20 Å². The van der Waals surface area contributed by atoms with Crippen LogP contribution in [-0.2, 0) is 11.3 Å². The van der Waals surface area contributed by atoms with Crippen LogP contribution in [0.2, 0.25) is 0 Å². The summed E-state index contributed by atoms with van der Waals surface area (Å²) in [4.78, 5) is 21.3. The maximum Gasteiger partial charge on any atom is 0.251 e. The minimum atomic E-state index is -0.0930. The van der Waals surface area contributed by atoms with Gasteiger partial charge in [-0.3, -0.25) is 9.89 Å². The molecule has 0 spiro atoms. The molecule has 0 unspecified atom stereocenters. The zero-order chi connectivity index (χ0) is 24.6. The van der Waals surface area contributed by atoms with Crippen molar-refractivity contribution in [2.75, 3.05) is 33.0 Å². The zero-order valence-corrected chi connectivity index (χ0v) is 20.4. The molecule has 0 aliphatic heterocycles. The van der Waals surface area contributed by atoms with Crippen LogP contribution >= 0.6 is 0 Å². The highest BCUT2D eigenvalue weighted by Crippen LogP contribution is 2.29. The van der Waals surface area contributed by atoms with Gasteiger partial charge in [-0.1, -0.05) is 18.2 Å². The van der Waals surface area contributed by atoms with E-state index in [0.717, 1.165) is 37.1 Å². The zero-order valence-electron chi connectivity index (χ0n) is 20.4. The lowest BCUT2D eigenvalue weighted by molar-refractivity contribution is -0.117. The van der Waals surface area contributed by atoms with Gasteiger partial charge in [-0.2, -0.15) is 4.98 Å². The molecule has 0 radical (unpaired) electrons. The second kappa shape index (κ2) is 11.7. The van der Waals surface area contributed by atoms with Crippen LogP contribution in [0.25, 0.3) is 6.08 Å². The minimum absolute atomic E-state index is 0.0930. The molecule has 0 aromatic carbocycles. The molecule has 4 N–H and O–H groups in total. The van der Waals surface area contributed by atoms with Crippen LogP contribution in [0.1, 0.15) is 43.5 Å². The number of anilines is 1. The first kappa shape index (κ1) is 24.5. The summed E-state index contributed by atoms with van der Waals surface area (Å²) in [6.45, 7) is 1.88. The fourth-order valence-corrected chi connectivity index (χ4v) is 3.74. The van der Waals surface area contributed by atoms with E-state index < -0.39 is 0 Å². The molecule has 4 rings (SSSR count). The molecule has 1 fully saturated rings. The van der Waals surface area contributed by atoms with Crippen molar-refractivity contribution in [3.8, 4) is 5.88 Å². The summed E-state index contributed by atoms with van der Waals surface area (Å²) in [5.74, 6) is 2.04. The van der Waals surface area contributed by atoms with Crippen molar-refractivity contribution >= 4 is 17.9 Å². The Balaban J connectivity index is 1.27. The minimum Gasteiger partial charge on any atom is -0.477 e. The van der Waals surface area contributed by atoms with Crippen molar-refractivity contribution in [3.05, 3.63) is 59.2 Å². The number of nitrogens with two attached hydrogens (primary N) is 1. The average Bonchev–Trinajstić information content (AvgIpc) is 3.62. The van der Waals surface area contributed by atoms with Crippen molar-refractivity contribution in [2.45, 2.75) is 38.6 Å². The van der Waals surface area contributed by atoms with Gasteiger partial charge in [0.1, 0.15) is 5.82 Å². The standard InChI is InChI=1S/C25H34N8O2/c1-32(14-4-3-10-22-29-25(26)31-30-22)33(2)21-9-5-7-19(15-21)23(34)28-16-20-8-6-13-27-24(20)35-17-18-11-12-18/h3,6-8,10,13,15,18H,4-5,9,11-12,14,16-17H2,1-2H3,(H,28,34)(H3,26,29,30,31)/b10-3-. The van der Waals surface area contributed by atoms with Crippen molar-refractivity contribution in [1.82, 2.24) is 35.5 Å². The van der Waals surface area contributed by atoms with Crippen LogP contribution in [-0.4, -0.2) is 63.3 Å². The SMILES string of the molecule is CN(CC/C=C\c1nc(N)n[nH]1)N(C)C1=CC(C(=O)NCc2cccnc2OCC2CC2)=CCC1. The molecule has 2 aromatic heterocycles. The molecule has 35 heavy (non-hydrogen) atoms. The Labute approximate surface area is 205 Å². The number of aromatic amines is 1. The van der Waals surface area contributed by atoms with Gasteiger partial charge in [-0.25, -0.2) is 9.99 Å². The summed E-state index contributed by atoms with van der Waals surface area (Å²) >= 11 is 0. The van der Waals surface area contributed by atoms with Gasteiger partial charge in [0.25, 0.3) is 5.91 Å². The first-order valence-corrected chi connectivity index (χ1v) is 12.0. The Morgan fingerprint density at radius 1 is 1.37 bits per heavy atom. The molecule has 0 atom stereocenters. The molecule has 0 bridgehead atoms. The number of ether oxygens (including phenoxy) is 1. The summed E-state index contributed by atoms with van der Waals surface area (Å²) < 4.78 is 5.86. The van der Waals surface area contributed by atoms with Crippen LogP contribution < -0.4 is 15.8 Å². The molecule has 2 heterocycles. The van der Waals surface area contributed by atoms with E-state index in [9.17, 15) is 4.79 Å². The van der Waals surface area contributed by atoms with Gasteiger partial charge in [0.15, 0.2) is 0 Å². The lowest BCUT2D eigenvalue weighted by Crippen LogP contribution is -2.37. The second-order valence-electron chi connectivity index (χ2n) is 8.91. The van der Waals surface area contributed by atoms with Gasteiger partial charge in [0.2, 0.25) is 11.8 Å². The highest BCUT2D eigenvalue weighted by atomic mass is 16.5. The number of rotatable bonds is 12. The van der Waals surface area contributed by atoms with Crippen LogP contribution in [0.15, 0.2) is 47.8 Å². The topological polar surface area (TPSA) is 125 Å². The molecule has 0 saturated heterocycles. The van der Waals surface area contributed by atoms with E-state index in [1.807, 2.05) is 50.5 Å². The third-order valence-electron chi connectivity index (χ3n) is 6.13. The Bertz CT molecular complexity index is 1100. The molecule has 1 saturated carbocycles. The number of H-pyrrole nitrogens is 1. The number of carbonyl (C=O) groups excluding carboxylic acids is 1. The number of pyridine rings is 1. The molecule has 2 aromatic rings. The number of hydrogen-bond acceptors (Lipinski definition) is 8. The number of nitrogens with zero attached hydrogens (tertiary/aromatic N) is 5. The Morgan fingerprint density at radius 2 is 2.23 bits per heavy atom. The molecule has 2 aliphatic rings. The molecular formula is C25H34N8O2. The van der Waals surface area contributed by atoms with Gasteiger partial charge >= 0.3 is 0 Å². The van der Waals surface area contributed by atoms with Gasteiger partial charge < -0.3 is 20.8 Å². The van der Waals surface area contributed by atoms with Gasteiger partial charge in [-0.05, 0) is 56.2 Å². The van der Waals surface area contributed by atoms with Crippen molar-refractivity contribution in [3.63, 3.8) is 0 Å². The highest BCUT2D eigenvalue weighted by Gasteiger charge is 2.23. The summed E-state index contributed by atoms with van der Waals surface area (Å²) in [7, 11) is 4.05. The Kier molecular flexibility index (Phi) is 8.15. The van der Waals surface area contributed by atoms with E-state index in [1.165, 1.54) is 12.8 Å². The van der Waals surface area contributed by atoms with Crippen LogP contribution in [0.3, 0.4) is 0 Å². The predicted octanol–water partition coefficient (Wildman–Crippen LogP) is 2.67. The number of allylic oxidation sites excluding steroid dienone is 2. The lowest BCUT2D eigenvalue weighted by Gasteiger charge is -2.33. The number of hydrogen-bond donors (Lipinski definition) is 3. The average molecular weight is 479 g/mol. The maximum atomic E-state index is 12.9. The normalized spacial score (nSPS) is 15.7. The van der Waals surface area contributed by atoms with E-state index in [2.05, 4.69) is 35.5 Å². The molecule has 10 nitrogen and oxygen atoms in total. The summed E-state index contributed by atoms with van der Waals surface area (Å²) in [5, 5.41) is 13.8. The van der Waals surface area contributed by atoms with Crippen LogP contribution in [0.5, 0.6) is 5.88 Å². The van der Waals surface area contributed by atoms with Gasteiger partial charge in [-0.15, -0.1) is 5.10 Å². The highest BCUT2D eigenvalue weighted by molar-refractivity contribution is 5.96. The molecular weight excluding hydrogens is 444 g/mol. The summed E-state index contributed by atoms with van der Waals surface area (Å²) in [6, 6.07) is 3.81. The van der Waals surface area contributed by atoms with Crippen LogP contribution in [0, 0.1) is 5.92 Å². The monoisotopic (exact) mass is 478 g/mol. The van der Waals surface area contributed by atoms with Crippen LogP contribution in [0.4, 0.5) is 5.95 Å². The van der Waals surface area contributed by atoms with Crippen molar-refractivity contribution in [2.24, 2.45) is 5.92 Å². The fraction of sp³-hybridized carbons (Fsp3) is 0.440. The Hall–Kier alpha value is -3.66. The number of hydrazine groups is 1. The first-order valence-electron chi connectivity index (χ1n) is 12.0. The molecule has 1 amide bonds. The number of nitrogen functional groups attached to an aromatic ring is 1. The molecule has 2 aliphatic carbocycles. The van der Waals surface area contributed by atoms with Crippen molar-refractivity contribution in [1.29, 1.82) is 0 Å². The predicted molar refractivity (Wildman–Crippen MR) is 135 cm³/mol. The van der Waals surface area contributed by atoms with E-state index in [0.29, 0.717) is 36.3 Å². The lowest BCUT2D eigenvalue weighted by atomic mass is 10.0. The molecule has 10 heteroatoms. The third kappa shape index (κ3) is 7.16. The smallest absolute Gasteiger partial charge is 0.251 e. The number of amides is 1. The summed E-state index contributed by atoms with van der Waals surface area (Å²) in [5.41, 5.74) is 8.18. The number of aromatic nitrogens is 4. The summed E-state index contributed by atoms with van der Waals surface area (Å²) in [6.07, 6.45) is 14.6. The van der Waals surface area contributed by atoms with E-state index in [4.69, 9.17) is 10.5 Å². The fourth-order valence-electron chi connectivity index (χ4n) is 3.74. The Morgan fingerprint density at radius 3 is 3.00 bits per heavy atom. The number of carbonyl (C=O) groups is 1. The van der Waals surface area contributed by atoms with E-state index in [-0.39, 0.29) is 11.9 Å². The third-order valence-corrected chi connectivity index (χ3v) is 6.13. The molecule has 186 valence electrons. The number of nitrogens with one attached hydrogen (secondary N) is 2. The quantitative estimate of drug-likeness (QED) is 0.398. The second-order valence-corrected chi connectivity index (χ2v) is 8.91.